The van der Waals surface area contributed by atoms with Crippen molar-refractivity contribution in [2.75, 3.05) is 35.9 Å². The second kappa shape index (κ2) is 8.38. The molecule has 3 aliphatic heterocycles. The number of pyridine rings is 1. The van der Waals surface area contributed by atoms with Crippen molar-refractivity contribution in [3.63, 3.8) is 0 Å². The first-order valence-electron chi connectivity index (χ1n) is 12.1. The maximum atomic E-state index is 12.5. The van der Waals surface area contributed by atoms with Crippen LogP contribution in [0.4, 0.5) is 11.4 Å². The molecule has 2 saturated heterocycles. The summed E-state index contributed by atoms with van der Waals surface area (Å²) in [6.45, 7) is 8.97. The molecule has 0 radical (unpaired) electrons. The van der Waals surface area contributed by atoms with Crippen LogP contribution < -0.4 is 14.5 Å². The highest BCUT2D eigenvalue weighted by atomic mass is 32.2. The van der Waals surface area contributed by atoms with Crippen molar-refractivity contribution in [2.24, 2.45) is 5.41 Å². The quantitative estimate of drug-likeness (QED) is 0.497. The number of nitrogens with one attached hydrogen (secondary N) is 1. The fourth-order valence-corrected chi connectivity index (χ4v) is 7.13. The number of carbonyl (C=O) groups is 1. The zero-order valence-electron chi connectivity index (χ0n) is 20.8. The van der Waals surface area contributed by atoms with E-state index in [9.17, 15) is 13.2 Å². The number of sulfonamides is 1. The molecular formula is C26H32N4O3SSi. The Morgan fingerprint density at radius 3 is 2.51 bits per heavy atom. The van der Waals surface area contributed by atoms with Crippen LogP contribution in [0.25, 0.3) is 11.1 Å². The second-order valence-electron chi connectivity index (χ2n) is 10.9. The Morgan fingerprint density at radius 1 is 1.11 bits per heavy atom. The molecule has 7 nitrogen and oxygen atoms in total. The molecule has 0 bridgehead atoms. The molecule has 35 heavy (non-hydrogen) atoms. The number of rotatable bonds is 2. The molecule has 9 heteroatoms. The summed E-state index contributed by atoms with van der Waals surface area (Å²) in [5.74, 6) is 3.62. The molecule has 1 amide bonds. The van der Waals surface area contributed by atoms with E-state index in [4.69, 9.17) is 0 Å². The summed E-state index contributed by atoms with van der Waals surface area (Å²) in [5, 5.41) is 3.02. The minimum atomic E-state index is -3.31. The number of hydrogen-bond donors (Lipinski definition) is 1. The Balaban J connectivity index is 1.58. The van der Waals surface area contributed by atoms with Crippen molar-refractivity contribution >= 4 is 35.4 Å². The van der Waals surface area contributed by atoms with E-state index in [1.807, 2.05) is 30.6 Å². The number of benzene rings is 1. The Bertz CT molecular complexity index is 1360. The first-order chi connectivity index (χ1) is 16.5. The Labute approximate surface area is 209 Å². The molecular weight excluding hydrogens is 476 g/mol. The normalized spacial score (nSPS) is 20.4. The highest BCUT2D eigenvalue weighted by Gasteiger charge is 2.44. The van der Waals surface area contributed by atoms with E-state index in [1.54, 1.807) is 7.05 Å². The molecule has 0 saturated carbocycles. The van der Waals surface area contributed by atoms with Crippen molar-refractivity contribution in [2.45, 2.75) is 44.7 Å². The summed E-state index contributed by atoms with van der Waals surface area (Å²) in [6, 6.07) is 5.83. The number of aromatic nitrogens is 1. The number of hydrogen-bond acceptors (Lipinski definition) is 5. The fraction of sp³-hybridized carbons (Fsp3) is 0.462. The van der Waals surface area contributed by atoms with Gasteiger partial charge in [-0.05, 0) is 42.5 Å². The number of nitrogens with zero attached hydrogens (tertiary/aromatic N) is 3. The molecule has 1 spiro atoms. The molecule has 0 atom stereocenters. The van der Waals surface area contributed by atoms with Gasteiger partial charge in [0.2, 0.25) is 15.9 Å². The van der Waals surface area contributed by atoms with E-state index in [1.165, 1.54) is 4.31 Å². The molecule has 2 fully saturated rings. The summed E-state index contributed by atoms with van der Waals surface area (Å²) in [5.41, 5.74) is 8.58. The fourth-order valence-electron chi connectivity index (χ4n) is 5.32. The summed E-state index contributed by atoms with van der Waals surface area (Å²) in [4.78, 5) is 19.4. The van der Waals surface area contributed by atoms with E-state index in [0.717, 1.165) is 72.5 Å². The monoisotopic (exact) mass is 508 g/mol. The number of amides is 1. The van der Waals surface area contributed by atoms with Crippen LogP contribution in [-0.2, 0) is 20.6 Å². The summed E-state index contributed by atoms with van der Waals surface area (Å²) in [7, 11) is -3.33. The molecule has 0 aliphatic carbocycles. The maximum Gasteiger partial charge on any atom is 0.239 e. The number of piperidine rings is 1. The van der Waals surface area contributed by atoms with Crippen molar-refractivity contribution in [1.29, 1.82) is 0 Å². The number of carbonyl (C=O) groups excluding carboxylic acids is 1. The van der Waals surface area contributed by atoms with Crippen LogP contribution >= 0.6 is 0 Å². The van der Waals surface area contributed by atoms with Gasteiger partial charge in [-0.1, -0.05) is 31.6 Å². The third-order valence-corrected chi connectivity index (χ3v) is 9.96. The van der Waals surface area contributed by atoms with E-state index >= 15 is 0 Å². The summed E-state index contributed by atoms with van der Waals surface area (Å²) in [6.07, 6.45) is 6.22. The maximum absolute atomic E-state index is 12.5. The third kappa shape index (κ3) is 4.34. The molecule has 4 heterocycles. The Morgan fingerprint density at radius 2 is 1.86 bits per heavy atom. The van der Waals surface area contributed by atoms with E-state index in [-0.39, 0.29) is 17.1 Å². The average Bonchev–Trinajstić information content (AvgIpc) is 3.27. The smallest absolute Gasteiger partial charge is 0.239 e. The summed E-state index contributed by atoms with van der Waals surface area (Å²) < 4.78 is 26.2. The first-order valence-corrected chi connectivity index (χ1v) is 17.2. The molecule has 2 aromatic rings. The van der Waals surface area contributed by atoms with Gasteiger partial charge in [0.05, 0.1) is 28.1 Å². The SMILES string of the molecule is CN1c2ccc(-c3cncc(C#C[Si](C)(C)C)c3N3CCC4(CCNC4=O)CC3)cc2CS1(=O)=O. The predicted molar refractivity (Wildman–Crippen MR) is 142 cm³/mol. The highest BCUT2D eigenvalue weighted by molar-refractivity contribution is 7.92. The van der Waals surface area contributed by atoms with Crippen molar-refractivity contribution < 1.29 is 13.2 Å². The van der Waals surface area contributed by atoms with Gasteiger partial charge in [0.1, 0.15) is 8.07 Å². The lowest BCUT2D eigenvalue weighted by atomic mass is 9.77. The van der Waals surface area contributed by atoms with Crippen LogP contribution in [0.5, 0.6) is 0 Å². The lowest BCUT2D eigenvalue weighted by Gasteiger charge is -2.39. The molecule has 184 valence electrons. The number of fused-ring (bicyclic) bond motifs is 1. The molecule has 1 aromatic heterocycles. The van der Waals surface area contributed by atoms with Gasteiger partial charge >= 0.3 is 0 Å². The van der Waals surface area contributed by atoms with E-state index in [0.29, 0.717) is 0 Å². The largest absolute Gasteiger partial charge is 0.370 e. The van der Waals surface area contributed by atoms with Gasteiger partial charge < -0.3 is 10.2 Å². The van der Waals surface area contributed by atoms with Gasteiger partial charge in [0.25, 0.3) is 0 Å². The van der Waals surface area contributed by atoms with Gasteiger partial charge in [-0.2, -0.15) is 0 Å². The van der Waals surface area contributed by atoms with Gasteiger partial charge in [0, 0.05) is 44.6 Å². The van der Waals surface area contributed by atoms with Crippen LogP contribution in [0.15, 0.2) is 30.6 Å². The average molecular weight is 509 g/mol. The predicted octanol–water partition coefficient (Wildman–Crippen LogP) is 3.36. The van der Waals surface area contributed by atoms with Gasteiger partial charge in [-0.3, -0.25) is 14.1 Å². The molecule has 0 unspecified atom stereocenters. The minimum absolute atomic E-state index is 0.00585. The lowest BCUT2D eigenvalue weighted by molar-refractivity contribution is -0.128. The zero-order chi connectivity index (χ0) is 25.0. The number of anilines is 2. The van der Waals surface area contributed by atoms with Crippen LogP contribution in [0.1, 0.15) is 30.4 Å². The molecule has 1 N–H and O–H groups in total. The third-order valence-electron chi connectivity index (χ3n) is 7.38. The standard InChI is InChI=1S/C26H32N4O3SSi/c1-29-23-6-5-19(15-21(23)18-34(29,32)33)22-17-27-16-20(7-14-35(2,3)4)24(22)30-12-9-26(10-13-30)8-11-28-25(26)31/h5-6,15-17H,8-13,18H2,1-4H3,(H,28,31). The minimum Gasteiger partial charge on any atom is -0.370 e. The highest BCUT2D eigenvalue weighted by Crippen LogP contribution is 2.43. The van der Waals surface area contributed by atoms with E-state index in [2.05, 4.69) is 46.3 Å². The molecule has 5 rings (SSSR count). The molecule has 1 aromatic carbocycles. The first kappa shape index (κ1) is 23.9. The van der Waals surface area contributed by atoms with Crippen molar-refractivity contribution in [3.8, 4) is 22.6 Å². The van der Waals surface area contributed by atoms with E-state index < -0.39 is 18.1 Å². The van der Waals surface area contributed by atoms with Crippen LogP contribution in [0.3, 0.4) is 0 Å². The molecule has 3 aliphatic rings. The zero-order valence-corrected chi connectivity index (χ0v) is 22.6. The van der Waals surface area contributed by atoms with Gasteiger partial charge in [-0.25, -0.2) is 8.42 Å². The van der Waals surface area contributed by atoms with Gasteiger partial charge in [-0.15, -0.1) is 5.54 Å². The Hall–Kier alpha value is -2.83. The van der Waals surface area contributed by atoms with Crippen LogP contribution in [0, 0.1) is 16.9 Å². The topological polar surface area (TPSA) is 82.6 Å². The van der Waals surface area contributed by atoms with Crippen molar-refractivity contribution in [3.05, 3.63) is 41.7 Å². The van der Waals surface area contributed by atoms with Crippen molar-refractivity contribution in [1.82, 2.24) is 10.3 Å². The van der Waals surface area contributed by atoms with Gasteiger partial charge in [0.15, 0.2) is 0 Å². The summed E-state index contributed by atoms with van der Waals surface area (Å²) >= 11 is 0. The second-order valence-corrected chi connectivity index (χ2v) is 17.7. The Kier molecular flexibility index (Phi) is 5.72. The van der Waals surface area contributed by atoms with Crippen LogP contribution in [0.2, 0.25) is 19.6 Å². The van der Waals surface area contributed by atoms with Crippen LogP contribution in [-0.4, -0.2) is 54.1 Å². The lowest BCUT2D eigenvalue weighted by Crippen LogP contribution is -2.44.